The highest BCUT2D eigenvalue weighted by atomic mass is 35.5. The molecule has 28 heavy (non-hydrogen) atoms. The molecule has 4 aromatic rings. The Labute approximate surface area is 170 Å². The lowest BCUT2D eigenvalue weighted by molar-refractivity contribution is 0.405. The van der Waals surface area contributed by atoms with E-state index in [1.807, 2.05) is 24.3 Å². The second-order valence-corrected chi connectivity index (χ2v) is 7.51. The van der Waals surface area contributed by atoms with Crippen LogP contribution in [0.1, 0.15) is 0 Å². The van der Waals surface area contributed by atoms with Crippen LogP contribution in [0.5, 0.6) is 11.5 Å². The highest BCUT2D eigenvalue weighted by Gasteiger charge is 2.16. The zero-order valence-corrected chi connectivity index (χ0v) is 16.3. The van der Waals surface area contributed by atoms with Crippen LogP contribution in [0.2, 0.25) is 5.02 Å². The molecule has 0 radical (unpaired) electrons. The molecule has 0 aliphatic rings. The first-order valence-corrected chi connectivity index (χ1v) is 9.59. The van der Waals surface area contributed by atoms with Crippen LogP contribution in [0, 0.1) is 0 Å². The van der Waals surface area contributed by atoms with Gasteiger partial charge in [0.15, 0.2) is 0 Å². The van der Waals surface area contributed by atoms with Gasteiger partial charge in [0.1, 0.15) is 17.3 Å². The Morgan fingerprint density at radius 1 is 1.11 bits per heavy atom. The van der Waals surface area contributed by atoms with Crippen molar-refractivity contribution in [2.75, 3.05) is 7.11 Å². The molecular weight excluding hydrogens is 396 g/mol. The highest BCUT2D eigenvalue weighted by Crippen LogP contribution is 2.41. The number of benzene rings is 3. The van der Waals surface area contributed by atoms with Crippen LogP contribution in [-0.2, 0) is 0 Å². The number of hydrogen-bond acceptors (Lipinski definition) is 5. The molecule has 0 saturated carbocycles. The molecule has 4 rings (SSSR count). The molecule has 0 bridgehead atoms. The maximum absolute atomic E-state index is 12.3. The van der Waals surface area contributed by atoms with E-state index >= 15 is 0 Å². The molecule has 0 amide bonds. The molecule has 0 aliphatic carbocycles. The molecule has 0 atom stereocenters. The minimum atomic E-state index is -0.288. The van der Waals surface area contributed by atoms with Gasteiger partial charge in [-0.15, -0.1) is 0 Å². The molecule has 2 N–H and O–H groups in total. The second kappa shape index (κ2) is 7.58. The summed E-state index contributed by atoms with van der Waals surface area (Å²) in [6.45, 7) is 0. The van der Waals surface area contributed by atoms with Crippen molar-refractivity contribution in [3.05, 3.63) is 76.0 Å². The first-order valence-electron chi connectivity index (χ1n) is 8.39. The second-order valence-electron chi connectivity index (χ2n) is 5.98. The minimum Gasteiger partial charge on any atom is -0.507 e. The number of H-pyrrole nitrogens is 1. The van der Waals surface area contributed by atoms with E-state index in [1.165, 1.54) is 11.8 Å². The maximum atomic E-state index is 12.3. The third-order valence-electron chi connectivity index (χ3n) is 4.19. The molecule has 140 valence electrons. The number of nitrogens with one attached hydrogen (secondary N) is 1. The summed E-state index contributed by atoms with van der Waals surface area (Å²) < 4.78 is 5.36. The molecule has 0 saturated heterocycles. The third kappa shape index (κ3) is 3.44. The number of para-hydroxylation sites is 2. The Morgan fingerprint density at radius 3 is 2.64 bits per heavy atom. The van der Waals surface area contributed by atoms with Crippen molar-refractivity contribution in [1.29, 1.82) is 0 Å². The number of phenolic OH excluding ortho intramolecular Hbond substituents is 1. The van der Waals surface area contributed by atoms with Gasteiger partial charge in [0.25, 0.3) is 5.56 Å². The molecule has 0 spiro atoms. The molecule has 7 heteroatoms. The van der Waals surface area contributed by atoms with Gasteiger partial charge < -0.3 is 14.8 Å². The van der Waals surface area contributed by atoms with Crippen molar-refractivity contribution in [2.24, 2.45) is 0 Å². The average Bonchev–Trinajstić information content (AvgIpc) is 2.68. The van der Waals surface area contributed by atoms with Crippen molar-refractivity contribution in [3.63, 3.8) is 0 Å². The van der Waals surface area contributed by atoms with Crippen LogP contribution in [0.15, 0.2) is 75.2 Å². The van der Waals surface area contributed by atoms with Gasteiger partial charge >= 0.3 is 0 Å². The lowest BCUT2D eigenvalue weighted by Gasteiger charge is -2.11. The molecule has 5 nitrogen and oxygen atoms in total. The fraction of sp³-hybridized carbons (Fsp3) is 0.0476. The van der Waals surface area contributed by atoms with E-state index < -0.39 is 0 Å². The Hall–Kier alpha value is -2.96. The molecule has 0 aliphatic heterocycles. The number of methoxy groups -OCH3 is 1. The summed E-state index contributed by atoms with van der Waals surface area (Å²) >= 11 is 7.86. The van der Waals surface area contributed by atoms with Crippen LogP contribution in [0.3, 0.4) is 0 Å². The van der Waals surface area contributed by atoms with E-state index in [0.29, 0.717) is 10.9 Å². The number of ether oxygens (including phenoxy) is 1. The predicted octanol–water partition coefficient (Wildman–Crippen LogP) is 5.11. The summed E-state index contributed by atoms with van der Waals surface area (Å²) in [7, 11) is 1.61. The molecule has 3 aromatic carbocycles. The van der Waals surface area contributed by atoms with E-state index in [2.05, 4.69) is 9.97 Å². The molecule has 1 aromatic heterocycles. The quantitative estimate of drug-likeness (QED) is 0.489. The van der Waals surface area contributed by atoms with Crippen molar-refractivity contribution >= 4 is 34.3 Å². The summed E-state index contributed by atoms with van der Waals surface area (Å²) in [6.07, 6.45) is 0. The minimum absolute atomic E-state index is 0.0664. The lowest BCUT2D eigenvalue weighted by atomic mass is 10.1. The van der Waals surface area contributed by atoms with Crippen LogP contribution in [0.4, 0.5) is 0 Å². The zero-order chi connectivity index (χ0) is 19.7. The van der Waals surface area contributed by atoms with E-state index in [-0.39, 0.29) is 27.7 Å². The number of hydrogen-bond donors (Lipinski definition) is 2. The standard InChI is InChI=1S/C21H15ClN2O3S/c1-27-17-8-4-5-9-18(17)28-12-10-14(22)19(16(25)11-12)20-23-15-7-3-2-6-13(15)21(26)24-20/h2-11,25H,1H3,(H,23,24,26). The van der Waals surface area contributed by atoms with Gasteiger partial charge in [0.2, 0.25) is 0 Å². The fourth-order valence-electron chi connectivity index (χ4n) is 2.90. The Kier molecular flexibility index (Phi) is 4.98. The van der Waals surface area contributed by atoms with Gasteiger partial charge in [-0.3, -0.25) is 4.79 Å². The topological polar surface area (TPSA) is 75.2 Å². The van der Waals surface area contributed by atoms with Gasteiger partial charge in [-0.05, 0) is 36.4 Å². The van der Waals surface area contributed by atoms with Crippen LogP contribution in [0.25, 0.3) is 22.3 Å². The van der Waals surface area contributed by atoms with Gasteiger partial charge in [0.05, 0.1) is 33.5 Å². The van der Waals surface area contributed by atoms with E-state index in [9.17, 15) is 9.90 Å². The molecule has 0 unspecified atom stereocenters. The summed E-state index contributed by atoms with van der Waals surface area (Å²) in [5.74, 6) is 0.885. The first kappa shape index (κ1) is 18.4. The normalized spacial score (nSPS) is 10.9. The summed E-state index contributed by atoms with van der Waals surface area (Å²) in [6, 6.07) is 17.9. The Bertz CT molecular complexity index is 1220. The molecule has 0 fully saturated rings. The van der Waals surface area contributed by atoms with Crippen LogP contribution >= 0.6 is 23.4 Å². The first-order chi connectivity index (χ1) is 13.6. The number of aromatic hydroxyl groups is 1. The van der Waals surface area contributed by atoms with Crippen molar-refractivity contribution < 1.29 is 9.84 Å². The van der Waals surface area contributed by atoms with Crippen LogP contribution < -0.4 is 10.3 Å². The zero-order valence-electron chi connectivity index (χ0n) is 14.8. The summed E-state index contributed by atoms with van der Waals surface area (Å²) in [4.78, 5) is 21.1. The number of halogens is 1. The van der Waals surface area contributed by atoms with Crippen LogP contribution in [-0.4, -0.2) is 22.2 Å². The van der Waals surface area contributed by atoms with Crippen molar-refractivity contribution in [3.8, 4) is 22.9 Å². The van der Waals surface area contributed by atoms with Crippen molar-refractivity contribution in [1.82, 2.24) is 9.97 Å². The Balaban J connectivity index is 1.77. The average molecular weight is 411 g/mol. The van der Waals surface area contributed by atoms with Gasteiger partial charge in [-0.25, -0.2) is 4.98 Å². The highest BCUT2D eigenvalue weighted by molar-refractivity contribution is 7.99. The number of nitrogens with zero attached hydrogens (tertiary/aromatic N) is 1. The number of rotatable bonds is 4. The largest absolute Gasteiger partial charge is 0.507 e. The van der Waals surface area contributed by atoms with Gasteiger partial charge in [-0.2, -0.15) is 0 Å². The monoisotopic (exact) mass is 410 g/mol. The lowest BCUT2D eigenvalue weighted by Crippen LogP contribution is -2.09. The SMILES string of the molecule is COc1ccccc1Sc1cc(O)c(-c2nc3ccccc3c(=O)[nH]2)c(Cl)c1. The molecule has 1 heterocycles. The predicted molar refractivity (Wildman–Crippen MR) is 112 cm³/mol. The van der Waals surface area contributed by atoms with E-state index in [4.69, 9.17) is 16.3 Å². The number of phenols is 1. The number of fused-ring (bicyclic) bond motifs is 1. The Morgan fingerprint density at radius 2 is 1.86 bits per heavy atom. The maximum Gasteiger partial charge on any atom is 0.259 e. The summed E-state index contributed by atoms with van der Waals surface area (Å²) in [5.41, 5.74) is 0.529. The van der Waals surface area contributed by atoms with Gasteiger partial charge in [0, 0.05) is 4.90 Å². The fourth-order valence-corrected chi connectivity index (χ4v) is 4.26. The summed E-state index contributed by atoms with van der Waals surface area (Å²) in [5, 5.41) is 11.4. The smallest absolute Gasteiger partial charge is 0.259 e. The molecular formula is C21H15ClN2O3S. The van der Waals surface area contributed by atoms with Crippen molar-refractivity contribution in [2.45, 2.75) is 9.79 Å². The van der Waals surface area contributed by atoms with E-state index in [1.54, 1.807) is 43.5 Å². The number of aromatic amines is 1. The van der Waals surface area contributed by atoms with Gasteiger partial charge in [-0.1, -0.05) is 47.6 Å². The number of aromatic nitrogens is 2. The third-order valence-corrected chi connectivity index (χ3v) is 5.52. The van der Waals surface area contributed by atoms with E-state index in [0.717, 1.165) is 15.5 Å².